The molecule has 4 heterocycles. The monoisotopic (exact) mass is 443 g/mol. The molecule has 8 nitrogen and oxygen atoms in total. The largest absolute Gasteiger partial charge is 0.300 e. The van der Waals surface area contributed by atoms with Crippen LogP contribution in [-0.4, -0.2) is 35.4 Å². The van der Waals surface area contributed by atoms with Crippen LogP contribution in [0.2, 0.25) is 0 Å². The Hall–Kier alpha value is -3.85. The zero-order chi connectivity index (χ0) is 22.1. The van der Waals surface area contributed by atoms with Crippen molar-refractivity contribution in [1.82, 2.24) is 29.5 Å². The number of carbonyl (C=O) groups is 1. The average Bonchev–Trinajstić information content (AvgIpc) is 3.54. The van der Waals surface area contributed by atoms with Gasteiger partial charge in [0.1, 0.15) is 6.54 Å². The first-order chi connectivity index (χ1) is 15.6. The van der Waals surface area contributed by atoms with Crippen molar-refractivity contribution in [2.75, 3.05) is 5.32 Å². The van der Waals surface area contributed by atoms with E-state index in [2.05, 4.69) is 37.6 Å². The highest BCUT2D eigenvalue weighted by atomic mass is 32.1. The van der Waals surface area contributed by atoms with Crippen LogP contribution in [0.5, 0.6) is 0 Å². The number of aryl methyl sites for hydroxylation is 2. The van der Waals surface area contributed by atoms with Gasteiger partial charge in [0.2, 0.25) is 5.91 Å². The van der Waals surface area contributed by atoms with Crippen molar-refractivity contribution in [2.24, 2.45) is 0 Å². The molecule has 0 aliphatic carbocycles. The number of amides is 1. The summed E-state index contributed by atoms with van der Waals surface area (Å²) >= 11 is 1.38. The molecule has 1 aromatic carbocycles. The van der Waals surface area contributed by atoms with Crippen molar-refractivity contribution in [3.8, 4) is 22.4 Å². The fourth-order valence-corrected chi connectivity index (χ4v) is 4.41. The molecule has 9 heteroatoms. The Morgan fingerprint density at radius 1 is 1.16 bits per heavy atom. The van der Waals surface area contributed by atoms with Gasteiger partial charge in [0.25, 0.3) is 0 Å². The number of benzene rings is 1. The molecule has 0 saturated carbocycles. The summed E-state index contributed by atoms with van der Waals surface area (Å²) in [5, 5.41) is 15.1. The van der Waals surface area contributed by atoms with Gasteiger partial charge in [-0.2, -0.15) is 10.2 Å². The molecule has 0 atom stereocenters. The molecule has 4 aromatic heterocycles. The molecule has 1 N–H and O–H groups in total. The predicted octanol–water partition coefficient (Wildman–Crippen LogP) is 4.39. The lowest BCUT2D eigenvalue weighted by molar-refractivity contribution is -0.116. The van der Waals surface area contributed by atoms with Gasteiger partial charge in [-0.25, -0.2) is 14.6 Å². The Balaban J connectivity index is 1.37. The Bertz CT molecular complexity index is 1400. The molecule has 0 spiro atoms. The van der Waals surface area contributed by atoms with E-state index < -0.39 is 0 Å². The Morgan fingerprint density at radius 2 is 2.00 bits per heavy atom. The Labute approximate surface area is 188 Å². The number of aromatic nitrogens is 6. The van der Waals surface area contributed by atoms with E-state index in [4.69, 9.17) is 0 Å². The van der Waals surface area contributed by atoms with Gasteiger partial charge >= 0.3 is 0 Å². The molecule has 0 aliphatic heterocycles. The van der Waals surface area contributed by atoms with Crippen molar-refractivity contribution in [3.63, 3.8) is 0 Å². The molecule has 5 rings (SSSR count). The summed E-state index contributed by atoms with van der Waals surface area (Å²) in [4.78, 5) is 21.8. The highest BCUT2D eigenvalue weighted by molar-refractivity contribution is 7.14. The first-order valence-electron chi connectivity index (χ1n) is 10.3. The zero-order valence-corrected chi connectivity index (χ0v) is 18.5. The number of fused-ring (bicyclic) bond motifs is 1. The quantitative estimate of drug-likeness (QED) is 0.420. The normalized spacial score (nSPS) is 11.2. The minimum absolute atomic E-state index is 0.0538. The summed E-state index contributed by atoms with van der Waals surface area (Å²) in [6, 6.07) is 12.1. The highest BCUT2D eigenvalue weighted by Gasteiger charge is 2.17. The number of carbonyl (C=O) groups excluding carboxylic acids is 1. The maximum atomic E-state index is 12.7. The summed E-state index contributed by atoms with van der Waals surface area (Å²) < 4.78 is 3.49. The predicted molar refractivity (Wildman–Crippen MR) is 125 cm³/mol. The second-order valence-corrected chi connectivity index (χ2v) is 8.20. The maximum Gasteiger partial charge on any atom is 0.247 e. The first kappa shape index (κ1) is 20.1. The summed E-state index contributed by atoms with van der Waals surface area (Å²) in [7, 11) is 0. The van der Waals surface area contributed by atoms with Crippen molar-refractivity contribution < 1.29 is 4.79 Å². The van der Waals surface area contributed by atoms with Crippen LogP contribution in [-0.2, 0) is 17.9 Å². The van der Waals surface area contributed by atoms with E-state index in [1.807, 2.05) is 54.4 Å². The topological polar surface area (TPSA) is 90.5 Å². The summed E-state index contributed by atoms with van der Waals surface area (Å²) in [6.45, 7) is 4.82. The molecule has 0 unspecified atom stereocenters. The van der Waals surface area contributed by atoms with Gasteiger partial charge in [-0.15, -0.1) is 11.3 Å². The highest BCUT2D eigenvalue weighted by Crippen LogP contribution is 2.30. The third kappa shape index (κ3) is 3.78. The molecule has 160 valence electrons. The number of nitrogens with one attached hydrogen (secondary N) is 1. The third-order valence-electron chi connectivity index (χ3n) is 5.19. The van der Waals surface area contributed by atoms with Crippen molar-refractivity contribution >= 4 is 33.4 Å². The van der Waals surface area contributed by atoms with Crippen LogP contribution in [0.3, 0.4) is 0 Å². The number of anilines is 1. The second-order valence-electron chi connectivity index (χ2n) is 7.34. The van der Waals surface area contributed by atoms with E-state index in [1.54, 1.807) is 17.1 Å². The third-order valence-corrected chi connectivity index (χ3v) is 5.95. The van der Waals surface area contributed by atoms with Crippen LogP contribution < -0.4 is 5.32 Å². The van der Waals surface area contributed by atoms with Crippen molar-refractivity contribution in [1.29, 1.82) is 0 Å². The van der Waals surface area contributed by atoms with Gasteiger partial charge in [0, 0.05) is 35.3 Å². The van der Waals surface area contributed by atoms with Crippen molar-refractivity contribution in [3.05, 3.63) is 66.1 Å². The molecular weight excluding hydrogens is 422 g/mol. The van der Waals surface area contributed by atoms with Gasteiger partial charge in [-0.1, -0.05) is 30.3 Å². The van der Waals surface area contributed by atoms with Crippen LogP contribution in [0.25, 0.3) is 33.4 Å². The van der Waals surface area contributed by atoms with Gasteiger partial charge in [0.15, 0.2) is 10.8 Å². The minimum Gasteiger partial charge on any atom is -0.300 e. The van der Waals surface area contributed by atoms with E-state index in [1.165, 1.54) is 11.3 Å². The molecule has 0 aliphatic rings. The smallest absolute Gasteiger partial charge is 0.247 e. The number of pyridine rings is 1. The van der Waals surface area contributed by atoms with Crippen LogP contribution in [0.4, 0.5) is 5.13 Å². The van der Waals surface area contributed by atoms with Crippen LogP contribution >= 0.6 is 11.3 Å². The fourth-order valence-electron chi connectivity index (χ4n) is 3.68. The summed E-state index contributed by atoms with van der Waals surface area (Å²) in [5.41, 5.74) is 5.38. The van der Waals surface area contributed by atoms with Gasteiger partial charge < -0.3 is 5.32 Å². The number of nitrogens with zero attached hydrogens (tertiary/aromatic N) is 6. The van der Waals surface area contributed by atoms with Gasteiger partial charge in [-0.3, -0.25) is 9.48 Å². The maximum absolute atomic E-state index is 12.7. The van der Waals surface area contributed by atoms with E-state index >= 15 is 0 Å². The fraction of sp³-hybridized carbons (Fsp3) is 0.174. The lowest BCUT2D eigenvalue weighted by atomic mass is 10.0. The second kappa shape index (κ2) is 8.35. The van der Waals surface area contributed by atoms with Gasteiger partial charge in [0.05, 0.1) is 17.6 Å². The van der Waals surface area contributed by atoms with E-state index in [9.17, 15) is 4.79 Å². The number of hydrogen-bond acceptors (Lipinski definition) is 6. The Kier molecular flexibility index (Phi) is 5.24. The summed E-state index contributed by atoms with van der Waals surface area (Å²) in [6.07, 6.45) is 5.47. The van der Waals surface area contributed by atoms with Crippen LogP contribution in [0, 0.1) is 6.92 Å². The zero-order valence-electron chi connectivity index (χ0n) is 17.7. The van der Waals surface area contributed by atoms with E-state index in [-0.39, 0.29) is 12.5 Å². The number of rotatable bonds is 6. The van der Waals surface area contributed by atoms with Crippen LogP contribution in [0.15, 0.2) is 60.4 Å². The minimum atomic E-state index is -0.202. The SMILES string of the molecule is CCn1cc(-c2csc(NC(=O)Cn3nc(C)c4c(-c5ccccc5)ccnc43)n2)cn1. The molecule has 0 radical (unpaired) electrons. The molecular formula is C23H21N7OS. The number of hydrogen-bond donors (Lipinski definition) is 1. The van der Waals surface area contributed by atoms with E-state index in [0.29, 0.717) is 10.8 Å². The first-order valence-corrected chi connectivity index (χ1v) is 11.2. The molecule has 0 bridgehead atoms. The molecule has 1 amide bonds. The van der Waals surface area contributed by atoms with Crippen molar-refractivity contribution in [2.45, 2.75) is 26.9 Å². The number of thiazole rings is 1. The van der Waals surface area contributed by atoms with Crippen LogP contribution in [0.1, 0.15) is 12.6 Å². The lowest BCUT2D eigenvalue weighted by Crippen LogP contribution is -2.19. The Morgan fingerprint density at radius 3 is 2.78 bits per heavy atom. The molecule has 0 fully saturated rings. The average molecular weight is 444 g/mol. The summed E-state index contributed by atoms with van der Waals surface area (Å²) in [5.74, 6) is -0.202. The standard InChI is InChI=1S/C23H21N7OS/c1-3-29-12-17(11-25-29)19-14-32-23(26-19)27-20(31)13-30-22-21(15(2)28-30)18(9-10-24-22)16-7-5-4-6-8-16/h4-12,14H,3,13H2,1-2H3,(H,26,27,31). The van der Waals surface area contributed by atoms with E-state index in [0.717, 1.165) is 40.0 Å². The lowest BCUT2D eigenvalue weighted by Gasteiger charge is -2.05. The molecule has 32 heavy (non-hydrogen) atoms. The molecule has 0 saturated heterocycles. The molecule has 5 aromatic rings. The van der Waals surface area contributed by atoms with Gasteiger partial charge in [-0.05, 0) is 31.0 Å².